The van der Waals surface area contributed by atoms with Crippen LogP contribution in [0, 0.1) is 11.3 Å². The SMILES string of the molecule is CC=C(C#N)C(=NC)NC(C)c1cc2cccc(Cl)c2c(=O)n1-c1ccccc1. The Morgan fingerprint density at radius 2 is 1.97 bits per heavy atom. The molecule has 1 heterocycles. The minimum atomic E-state index is -0.298. The van der Waals surface area contributed by atoms with Crippen LogP contribution in [0.1, 0.15) is 25.6 Å². The highest BCUT2D eigenvalue weighted by Gasteiger charge is 2.19. The van der Waals surface area contributed by atoms with Gasteiger partial charge in [-0.15, -0.1) is 0 Å². The van der Waals surface area contributed by atoms with Gasteiger partial charge in [0.1, 0.15) is 11.9 Å². The quantitative estimate of drug-likeness (QED) is 0.386. The number of hydrogen-bond acceptors (Lipinski definition) is 3. The molecule has 1 unspecified atom stereocenters. The second-order valence-electron chi connectivity index (χ2n) is 6.50. The molecule has 3 rings (SSSR count). The van der Waals surface area contributed by atoms with Crippen molar-refractivity contribution in [2.24, 2.45) is 4.99 Å². The summed E-state index contributed by atoms with van der Waals surface area (Å²) >= 11 is 6.35. The third-order valence-corrected chi connectivity index (χ3v) is 5.04. The standard InChI is InChI=1S/C23H21ClN4O/c1-4-16(14-25)22(26-3)27-15(2)20-13-17-9-8-12-19(24)21(17)23(29)28(20)18-10-6-5-7-11-18/h4-13,15H,1-3H3,(H,26,27). The minimum Gasteiger partial charge on any atom is -0.361 e. The molecule has 0 amide bonds. The molecule has 0 saturated carbocycles. The number of rotatable bonds is 4. The molecule has 0 fully saturated rings. The number of hydrogen-bond donors (Lipinski definition) is 1. The largest absolute Gasteiger partial charge is 0.361 e. The van der Waals surface area contributed by atoms with Crippen LogP contribution in [0.15, 0.2) is 76.0 Å². The van der Waals surface area contributed by atoms with Crippen LogP contribution in [0.5, 0.6) is 0 Å². The summed E-state index contributed by atoms with van der Waals surface area (Å²) in [6.45, 7) is 3.72. The maximum atomic E-state index is 13.4. The van der Waals surface area contributed by atoms with E-state index >= 15 is 0 Å². The average Bonchev–Trinajstić information content (AvgIpc) is 2.74. The molecule has 1 N–H and O–H groups in total. The first-order chi connectivity index (χ1) is 14.0. The van der Waals surface area contributed by atoms with E-state index in [1.54, 1.807) is 30.7 Å². The highest BCUT2D eigenvalue weighted by Crippen LogP contribution is 2.25. The first-order valence-electron chi connectivity index (χ1n) is 9.21. The Balaban J connectivity index is 2.24. The molecule has 0 aliphatic heterocycles. The third-order valence-electron chi connectivity index (χ3n) is 4.72. The topological polar surface area (TPSA) is 70.2 Å². The summed E-state index contributed by atoms with van der Waals surface area (Å²) in [4.78, 5) is 17.6. The van der Waals surface area contributed by atoms with Crippen LogP contribution in [-0.4, -0.2) is 17.5 Å². The molecule has 0 radical (unpaired) electrons. The second kappa shape index (κ2) is 8.76. The van der Waals surface area contributed by atoms with Gasteiger partial charge >= 0.3 is 0 Å². The number of fused-ring (bicyclic) bond motifs is 1. The van der Waals surface area contributed by atoms with E-state index in [0.29, 0.717) is 21.8 Å². The van der Waals surface area contributed by atoms with Gasteiger partial charge in [0.2, 0.25) is 0 Å². The van der Waals surface area contributed by atoms with Crippen molar-refractivity contribution in [3.63, 3.8) is 0 Å². The second-order valence-corrected chi connectivity index (χ2v) is 6.91. The van der Waals surface area contributed by atoms with E-state index in [0.717, 1.165) is 16.8 Å². The summed E-state index contributed by atoms with van der Waals surface area (Å²) in [7, 11) is 1.63. The molecule has 1 aromatic heterocycles. The van der Waals surface area contributed by atoms with Crippen molar-refractivity contribution >= 4 is 28.2 Å². The van der Waals surface area contributed by atoms with Gasteiger partial charge in [-0.25, -0.2) is 0 Å². The normalized spacial score (nSPS) is 13.2. The number of nitriles is 1. The summed E-state index contributed by atoms with van der Waals surface area (Å²) in [5, 5.41) is 14.3. The van der Waals surface area contributed by atoms with Gasteiger partial charge in [-0.1, -0.05) is 48.0 Å². The summed E-state index contributed by atoms with van der Waals surface area (Å²) in [5.41, 5.74) is 1.73. The molecule has 0 saturated heterocycles. The van der Waals surface area contributed by atoms with Crippen molar-refractivity contribution in [3.05, 3.63) is 87.3 Å². The van der Waals surface area contributed by atoms with Crippen LogP contribution in [0.25, 0.3) is 16.5 Å². The number of pyridine rings is 1. The molecule has 29 heavy (non-hydrogen) atoms. The van der Waals surface area contributed by atoms with Gasteiger partial charge in [-0.3, -0.25) is 14.4 Å². The Labute approximate surface area is 174 Å². The molecule has 0 aliphatic rings. The predicted molar refractivity (Wildman–Crippen MR) is 119 cm³/mol. The smallest absolute Gasteiger partial charge is 0.264 e. The fourth-order valence-corrected chi connectivity index (χ4v) is 3.56. The Hall–Kier alpha value is -3.36. The van der Waals surface area contributed by atoms with E-state index in [2.05, 4.69) is 16.4 Å². The number of para-hydroxylation sites is 1. The lowest BCUT2D eigenvalue weighted by atomic mass is 10.1. The van der Waals surface area contributed by atoms with E-state index in [1.807, 2.05) is 55.5 Å². The zero-order chi connectivity index (χ0) is 21.0. The molecular formula is C23H21ClN4O. The van der Waals surface area contributed by atoms with Crippen molar-refractivity contribution in [3.8, 4) is 11.8 Å². The molecule has 6 heteroatoms. The molecule has 0 bridgehead atoms. The number of benzene rings is 2. The monoisotopic (exact) mass is 404 g/mol. The van der Waals surface area contributed by atoms with E-state index in [1.165, 1.54) is 0 Å². The molecule has 2 aromatic carbocycles. The molecule has 0 spiro atoms. The molecule has 1 atom stereocenters. The average molecular weight is 405 g/mol. The lowest BCUT2D eigenvalue weighted by molar-refractivity contribution is 0.663. The fraction of sp³-hybridized carbons (Fsp3) is 0.174. The predicted octanol–water partition coefficient (Wildman–Crippen LogP) is 4.79. The van der Waals surface area contributed by atoms with Crippen LogP contribution in [-0.2, 0) is 0 Å². The zero-order valence-corrected chi connectivity index (χ0v) is 17.2. The highest BCUT2D eigenvalue weighted by atomic mass is 35.5. The summed E-state index contributed by atoms with van der Waals surface area (Å²) < 4.78 is 1.65. The van der Waals surface area contributed by atoms with E-state index in [9.17, 15) is 10.1 Å². The first-order valence-corrected chi connectivity index (χ1v) is 9.59. The minimum absolute atomic E-state index is 0.190. The van der Waals surface area contributed by atoms with Crippen LogP contribution in [0.4, 0.5) is 0 Å². The van der Waals surface area contributed by atoms with Crippen LogP contribution in [0.2, 0.25) is 5.02 Å². The zero-order valence-electron chi connectivity index (χ0n) is 16.5. The summed E-state index contributed by atoms with van der Waals surface area (Å²) in [6, 6.07) is 18.6. The lowest BCUT2D eigenvalue weighted by Crippen LogP contribution is -2.32. The van der Waals surface area contributed by atoms with Gasteiger partial charge in [-0.05, 0) is 43.5 Å². The molecule has 146 valence electrons. The highest BCUT2D eigenvalue weighted by molar-refractivity contribution is 6.35. The number of nitrogens with one attached hydrogen (secondary N) is 1. The van der Waals surface area contributed by atoms with E-state index < -0.39 is 0 Å². The van der Waals surface area contributed by atoms with E-state index in [4.69, 9.17) is 11.6 Å². The van der Waals surface area contributed by atoms with Crippen molar-refractivity contribution in [2.45, 2.75) is 19.9 Å². The molecular weight excluding hydrogens is 384 g/mol. The Morgan fingerprint density at radius 1 is 1.24 bits per heavy atom. The van der Waals surface area contributed by atoms with Crippen LogP contribution >= 0.6 is 11.6 Å². The first kappa shape index (κ1) is 20.4. The Kier molecular flexibility index (Phi) is 6.16. The lowest BCUT2D eigenvalue weighted by Gasteiger charge is -2.22. The number of amidine groups is 1. The number of halogens is 1. The maximum absolute atomic E-state index is 13.4. The van der Waals surface area contributed by atoms with Crippen molar-refractivity contribution in [1.82, 2.24) is 9.88 Å². The number of nitrogens with zero attached hydrogens (tertiary/aromatic N) is 3. The molecule has 0 aliphatic carbocycles. The van der Waals surface area contributed by atoms with Crippen molar-refractivity contribution in [1.29, 1.82) is 5.26 Å². The van der Waals surface area contributed by atoms with Gasteiger partial charge in [0.15, 0.2) is 0 Å². The summed E-state index contributed by atoms with van der Waals surface area (Å²) in [5.74, 6) is 0.473. The number of aliphatic imine (C=N–C) groups is 1. The van der Waals surface area contributed by atoms with Crippen molar-refractivity contribution in [2.75, 3.05) is 7.05 Å². The Bertz CT molecular complexity index is 1200. The molecule has 3 aromatic rings. The maximum Gasteiger partial charge on any atom is 0.264 e. The third kappa shape index (κ3) is 3.94. The van der Waals surface area contributed by atoms with Crippen LogP contribution < -0.4 is 10.9 Å². The molecule has 5 nitrogen and oxygen atoms in total. The fourth-order valence-electron chi connectivity index (χ4n) is 3.30. The number of allylic oxidation sites excluding steroid dienone is 1. The van der Waals surface area contributed by atoms with Gasteiger partial charge in [0.25, 0.3) is 5.56 Å². The summed E-state index contributed by atoms with van der Waals surface area (Å²) in [6.07, 6.45) is 1.70. The van der Waals surface area contributed by atoms with Gasteiger partial charge < -0.3 is 5.32 Å². The van der Waals surface area contributed by atoms with Gasteiger partial charge in [0, 0.05) is 18.4 Å². The van der Waals surface area contributed by atoms with Crippen LogP contribution in [0.3, 0.4) is 0 Å². The van der Waals surface area contributed by atoms with Gasteiger partial charge in [-0.2, -0.15) is 5.26 Å². The number of aromatic nitrogens is 1. The van der Waals surface area contributed by atoms with Gasteiger partial charge in [0.05, 0.1) is 22.0 Å². The van der Waals surface area contributed by atoms with E-state index in [-0.39, 0.29) is 11.6 Å². The van der Waals surface area contributed by atoms with Crippen molar-refractivity contribution < 1.29 is 0 Å². The Morgan fingerprint density at radius 3 is 2.59 bits per heavy atom.